The SMILES string of the molecule is Cc1ccccc1Oc1nccnc1N1CCCC(C(=O)NC2CCCCCC2)C1. The van der Waals surface area contributed by atoms with Gasteiger partial charge in [-0.25, -0.2) is 9.97 Å². The Bertz CT molecular complexity index is 849. The Kier molecular flexibility index (Phi) is 6.82. The number of amides is 1. The van der Waals surface area contributed by atoms with Gasteiger partial charge in [-0.15, -0.1) is 0 Å². The molecule has 1 aromatic carbocycles. The average Bonchev–Trinajstić information content (AvgIpc) is 3.04. The van der Waals surface area contributed by atoms with Gasteiger partial charge in [0.25, 0.3) is 5.88 Å². The van der Waals surface area contributed by atoms with E-state index >= 15 is 0 Å². The zero-order valence-corrected chi connectivity index (χ0v) is 17.8. The standard InChI is InChI=1S/C24H32N4O2/c1-18-9-6-7-13-21(18)30-24-22(25-14-15-26-24)28-16-8-10-19(17-28)23(29)27-20-11-4-2-3-5-12-20/h6-7,9,13-15,19-20H,2-5,8,10-12,16-17H2,1H3,(H,27,29). The van der Waals surface area contributed by atoms with E-state index in [1.807, 2.05) is 31.2 Å². The van der Waals surface area contributed by atoms with Crippen molar-refractivity contribution in [1.29, 1.82) is 0 Å². The van der Waals surface area contributed by atoms with Gasteiger partial charge in [0.2, 0.25) is 5.91 Å². The van der Waals surface area contributed by atoms with E-state index in [9.17, 15) is 4.79 Å². The van der Waals surface area contributed by atoms with Gasteiger partial charge in [-0.3, -0.25) is 4.79 Å². The zero-order valence-electron chi connectivity index (χ0n) is 17.8. The Balaban J connectivity index is 1.44. The van der Waals surface area contributed by atoms with Crippen molar-refractivity contribution in [2.45, 2.75) is 64.3 Å². The van der Waals surface area contributed by atoms with Crippen molar-refractivity contribution in [3.63, 3.8) is 0 Å². The highest BCUT2D eigenvalue weighted by atomic mass is 16.5. The Morgan fingerprint density at radius 1 is 1.03 bits per heavy atom. The molecule has 1 aromatic heterocycles. The minimum Gasteiger partial charge on any atom is -0.436 e. The lowest BCUT2D eigenvalue weighted by molar-refractivity contribution is -0.126. The summed E-state index contributed by atoms with van der Waals surface area (Å²) in [5.74, 6) is 2.16. The monoisotopic (exact) mass is 408 g/mol. The number of nitrogens with zero attached hydrogens (tertiary/aromatic N) is 3. The normalized spacial score (nSPS) is 20.4. The van der Waals surface area contributed by atoms with Crippen molar-refractivity contribution >= 4 is 11.7 Å². The van der Waals surface area contributed by atoms with E-state index in [1.165, 1.54) is 25.7 Å². The smallest absolute Gasteiger partial charge is 0.263 e. The van der Waals surface area contributed by atoms with Gasteiger partial charge in [-0.05, 0) is 44.2 Å². The van der Waals surface area contributed by atoms with Crippen LogP contribution < -0.4 is 15.0 Å². The maximum atomic E-state index is 13.0. The number of carbonyl (C=O) groups excluding carboxylic acids is 1. The molecule has 1 aliphatic heterocycles. The Morgan fingerprint density at radius 3 is 2.60 bits per heavy atom. The minimum atomic E-state index is -0.0182. The molecule has 1 atom stereocenters. The molecule has 30 heavy (non-hydrogen) atoms. The fourth-order valence-electron chi connectivity index (χ4n) is 4.51. The number of hydrogen-bond donors (Lipinski definition) is 1. The maximum Gasteiger partial charge on any atom is 0.263 e. The molecule has 2 heterocycles. The van der Waals surface area contributed by atoms with E-state index in [4.69, 9.17) is 4.74 Å². The van der Waals surface area contributed by atoms with E-state index < -0.39 is 0 Å². The van der Waals surface area contributed by atoms with Crippen molar-refractivity contribution in [2.75, 3.05) is 18.0 Å². The van der Waals surface area contributed by atoms with Crippen LogP contribution in [0.2, 0.25) is 0 Å². The van der Waals surface area contributed by atoms with Crippen molar-refractivity contribution in [1.82, 2.24) is 15.3 Å². The molecule has 2 fully saturated rings. The minimum absolute atomic E-state index is 0.0182. The molecule has 1 saturated carbocycles. The molecular formula is C24H32N4O2. The average molecular weight is 409 g/mol. The number of hydrogen-bond acceptors (Lipinski definition) is 5. The third-order valence-corrected chi connectivity index (χ3v) is 6.24. The number of piperidine rings is 1. The number of ether oxygens (including phenoxy) is 1. The highest BCUT2D eigenvalue weighted by molar-refractivity contribution is 5.80. The third kappa shape index (κ3) is 5.10. The Morgan fingerprint density at radius 2 is 1.80 bits per heavy atom. The predicted octanol–water partition coefficient (Wildman–Crippen LogP) is 4.63. The summed E-state index contributed by atoms with van der Waals surface area (Å²) in [7, 11) is 0. The second kappa shape index (κ2) is 9.92. The molecule has 1 N–H and O–H groups in total. The van der Waals surface area contributed by atoms with Gasteiger partial charge in [0, 0.05) is 31.5 Å². The van der Waals surface area contributed by atoms with Crippen LogP contribution in [0.3, 0.4) is 0 Å². The summed E-state index contributed by atoms with van der Waals surface area (Å²) in [4.78, 5) is 24.1. The van der Waals surface area contributed by atoms with Crippen LogP contribution in [-0.4, -0.2) is 35.0 Å². The molecule has 6 heteroatoms. The first-order valence-corrected chi connectivity index (χ1v) is 11.3. The maximum absolute atomic E-state index is 13.0. The molecule has 2 aromatic rings. The van der Waals surface area contributed by atoms with Crippen LogP contribution in [0, 0.1) is 12.8 Å². The van der Waals surface area contributed by atoms with Crippen LogP contribution in [0.1, 0.15) is 56.9 Å². The zero-order chi connectivity index (χ0) is 20.8. The topological polar surface area (TPSA) is 67.4 Å². The van der Waals surface area contributed by atoms with E-state index in [0.29, 0.717) is 24.3 Å². The van der Waals surface area contributed by atoms with Gasteiger partial charge in [-0.1, -0.05) is 43.9 Å². The first-order valence-electron chi connectivity index (χ1n) is 11.3. The fraction of sp³-hybridized carbons (Fsp3) is 0.542. The summed E-state index contributed by atoms with van der Waals surface area (Å²) in [6, 6.07) is 8.23. The number of benzene rings is 1. The summed E-state index contributed by atoms with van der Waals surface area (Å²) in [6.07, 6.45) is 12.5. The molecule has 0 spiro atoms. The summed E-state index contributed by atoms with van der Waals surface area (Å²) >= 11 is 0. The number of aromatic nitrogens is 2. The Hall–Kier alpha value is -2.63. The van der Waals surface area contributed by atoms with Crippen molar-refractivity contribution < 1.29 is 9.53 Å². The lowest BCUT2D eigenvalue weighted by atomic mass is 9.96. The molecule has 2 aliphatic rings. The molecule has 160 valence electrons. The van der Waals surface area contributed by atoms with Gasteiger partial charge in [-0.2, -0.15) is 0 Å². The molecule has 1 aliphatic carbocycles. The van der Waals surface area contributed by atoms with Crippen molar-refractivity contribution in [3.05, 3.63) is 42.2 Å². The van der Waals surface area contributed by atoms with Crippen LogP contribution >= 0.6 is 0 Å². The third-order valence-electron chi connectivity index (χ3n) is 6.24. The first kappa shape index (κ1) is 20.6. The molecule has 0 radical (unpaired) electrons. The van der Waals surface area contributed by atoms with Crippen LogP contribution in [-0.2, 0) is 4.79 Å². The van der Waals surface area contributed by atoms with Gasteiger partial charge < -0.3 is 15.0 Å². The first-order chi connectivity index (χ1) is 14.7. The van der Waals surface area contributed by atoms with E-state index in [1.54, 1.807) is 12.4 Å². The lowest BCUT2D eigenvalue weighted by Crippen LogP contribution is -2.46. The van der Waals surface area contributed by atoms with Crippen LogP contribution in [0.5, 0.6) is 11.6 Å². The highest BCUT2D eigenvalue weighted by Crippen LogP contribution is 2.32. The van der Waals surface area contributed by atoms with Gasteiger partial charge in [0.1, 0.15) is 5.75 Å². The predicted molar refractivity (Wildman–Crippen MR) is 118 cm³/mol. The fourth-order valence-corrected chi connectivity index (χ4v) is 4.51. The van der Waals surface area contributed by atoms with Gasteiger partial charge in [0.15, 0.2) is 5.82 Å². The molecular weight excluding hydrogens is 376 g/mol. The molecule has 0 bridgehead atoms. The summed E-state index contributed by atoms with van der Waals surface area (Å²) < 4.78 is 6.11. The molecule has 1 saturated heterocycles. The van der Waals surface area contributed by atoms with E-state index in [0.717, 1.165) is 43.5 Å². The number of anilines is 1. The van der Waals surface area contributed by atoms with Gasteiger partial charge in [0.05, 0.1) is 5.92 Å². The number of rotatable bonds is 5. The van der Waals surface area contributed by atoms with Crippen molar-refractivity contribution in [3.8, 4) is 11.6 Å². The van der Waals surface area contributed by atoms with E-state index in [-0.39, 0.29) is 11.8 Å². The number of carbonyl (C=O) groups is 1. The Labute approximate surface area is 179 Å². The van der Waals surface area contributed by atoms with Crippen molar-refractivity contribution in [2.24, 2.45) is 5.92 Å². The lowest BCUT2D eigenvalue weighted by Gasteiger charge is -2.34. The molecule has 1 amide bonds. The van der Waals surface area contributed by atoms with Crippen LogP contribution in [0.25, 0.3) is 0 Å². The largest absolute Gasteiger partial charge is 0.436 e. The molecule has 1 unspecified atom stereocenters. The van der Waals surface area contributed by atoms with Crippen LogP contribution in [0.4, 0.5) is 5.82 Å². The summed E-state index contributed by atoms with van der Waals surface area (Å²) in [5.41, 5.74) is 1.05. The quantitative estimate of drug-likeness (QED) is 0.731. The summed E-state index contributed by atoms with van der Waals surface area (Å²) in [6.45, 7) is 3.53. The number of para-hydroxylation sites is 1. The van der Waals surface area contributed by atoms with Crippen LogP contribution in [0.15, 0.2) is 36.7 Å². The summed E-state index contributed by atoms with van der Waals surface area (Å²) in [5, 5.41) is 3.33. The number of aryl methyl sites for hydroxylation is 1. The second-order valence-corrected chi connectivity index (χ2v) is 8.53. The molecule has 4 rings (SSSR count). The highest BCUT2D eigenvalue weighted by Gasteiger charge is 2.29. The molecule has 6 nitrogen and oxygen atoms in total. The van der Waals surface area contributed by atoms with Gasteiger partial charge >= 0.3 is 0 Å². The number of nitrogens with one attached hydrogen (secondary N) is 1. The second-order valence-electron chi connectivity index (χ2n) is 8.53. The van der Waals surface area contributed by atoms with E-state index in [2.05, 4.69) is 20.2 Å².